The molecule has 1 rings (SSSR count). The predicted molar refractivity (Wildman–Crippen MR) is 53.6 cm³/mol. The van der Waals surface area contributed by atoms with Crippen LogP contribution in [0.2, 0.25) is 0 Å². The SMILES string of the molecule is COC(=O)CCC(=O)c1ccc(O)c(F)c1. The van der Waals surface area contributed by atoms with E-state index in [1.54, 1.807) is 0 Å². The summed E-state index contributed by atoms with van der Waals surface area (Å²) in [4.78, 5) is 22.3. The molecule has 0 unspecified atom stereocenters. The number of methoxy groups -OCH3 is 1. The summed E-state index contributed by atoms with van der Waals surface area (Å²) in [6.45, 7) is 0. The van der Waals surface area contributed by atoms with Crippen molar-refractivity contribution in [2.24, 2.45) is 0 Å². The number of ketones is 1. The molecule has 0 amide bonds. The van der Waals surface area contributed by atoms with Crippen LogP contribution in [0.4, 0.5) is 4.39 Å². The second-order valence-corrected chi connectivity index (χ2v) is 3.17. The fraction of sp³-hybridized carbons (Fsp3) is 0.273. The lowest BCUT2D eigenvalue weighted by Gasteiger charge is -2.01. The van der Waals surface area contributed by atoms with Crippen molar-refractivity contribution in [1.29, 1.82) is 0 Å². The van der Waals surface area contributed by atoms with E-state index in [9.17, 15) is 14.0 Å². The van der Waals surface area contributed by atoms with Crippen molar-refractivity contribution in [2.45, 2.75) is 12.8 Å². The number of benzene rings is 1. The number of aromatic hydroxyl groups is 1. The summed E-state index contributed by atoms with van der Waals surface area (Å²) in [6, 6.07) is 3.34. The molecule has 0 bridgehead atoms. The molecule has 4 nitrogen and oxygen atoms in total. The highest BCUT2D eigenvalue weighted by Gasteiger charge is 2.11. The minimum atomic E-state index is -0.857. The quantitative estimate of drug-likeness (QED) is 0.626. The summed E-state index contributed by atoms with van der Waals surface area (Å²) in [7, 11) is 1.23. The second-order valence-electron chi connectivity index (χ2n) is 3.17. The van der Waals surface area contributed by atoms with Crippen molar-refractivity contribution in [1.82, 2.24) is 0 Å². The molecule has 1 aromatic rings. The smallest absolute Gasteiger partial charge is 0.305 e. The van der Waals surface area contributed by atoms with Gasteiger partial charge >= 0.3 is 5.97 Å². The van der Waals surface area contributed by atoms with Gasteiger partial charge in [-0.1, -0.05) is 0 Å². The molecule has 5 heteroatoms. The van der Waals surface area contributed by atoms with Gasteiger partial charge in [0.05, 0.1) is 13.5 Å². The highest BCUT2D eigenvalue weighted by atomic mass is 19.1. The first-order chi connectivity index (χ1) is 7.54. The number of hydrogen-bond donors (Lipinski definition) is 1. The number of carbonyl (C=O) groups excluding carboxylic acids is 2. The molecule has 0 aliphatic heterocycles. The summed E-state index contributed by atoms with van der Waals surface area (Å²) in [6.07, 6.45) is -0.0886. The summed E-state index contributed by atoms with van der Waals surface area (Å²) < 4.78 is 17.3. The van der Waals surface area contributed by atoms with Crippen molar-refractivity contribution in [3.63, 3.8) is 0 Å². The normalized spacial score (nSPS) is 9.88. The van der Waals surface area contributed by atoms with E-state index in [4.69, 9.17) is 5.11 Å². The maximum absolute atomic E-state index is 12.9. The summed E-state index contributed by atoms with van der Waals surface area (Å²) >= 11 is 0. The molecular formula is C11H11FO4. The Morgan fingerprint density at radius 3 is 2.62 bits per heavy atom. The topological polar surface area (TPSA) is 63.6 Å². The third-order valence-electron chi connectivity index (χ3n) is 2.05. The van der Waals surface area contributed by atoms with Gasteiger partial charge in [0.1, 0.15) is 0 Å². The molecule has 0 aromatic heterocycles. The van der Waals surface area contributed by atoms with E-state index < -0.39 is 17.5 Å². The van der Waals surface area contributed by atoms with E-state index >= 15 is 0 Å². The molecule has 0 radical (unpaired) electrons. The Balaban J connectivity index is 2.66. The molecule has 0 heterocycles. The molecule has 0 fully saturated rings. The van der Waals surface area contributed by atoms with Gasteiger partial charge in [-0.15, -0.1) is 0 Å². The van der Waals surface area contributed by atoms with Crippen LogP contribution in [0.1, 0.15) is 23.2 Å². The fourth-order valence-electron chi connectivity index (χ4n) is 1.14. The highest BCUT2D eigenvalue weighted by molar-refractivity contribution is 5.97. The summed E-state index contributed by atoms with van der Waals surface area (Å²) in [5.74, 6) is -2.23. The highest BCUT2D eigenvalue weighted by Crippen LogP contribution is 2.17. The van der Waals surface area contributed by atoms with Gasteiger partial charge in [-0.2, -0.15) is 0 Å². The lowest BCUT2D eigenvalue weighted by Crippen LogP contribution is -2.06. The lowest BCUT2D eigenvalue weighted by molar-refractivity contribution is -0.140. The van der Waals surface area contributed by atoms with Crippen LogP contribution < -0.4 is 0 Å². The molecule has 0 spiro atoms. The largest absolute Gasteiger partial charge is 0.505 e. The van der Waals surface area contributed by atoms with Crippen LogP contribution in [0.15, 0.2) is 18.2 Å². The molecule has 0 aliphatic rings. The van der Waals surface area contributed by atoms with Crippen molar-refractivity contribution in [2.75, 3.05) is 7.11 Å². The van der Waals surface area contributed by atoms with E-state index in [1.807, 2.05) is 0 Å². The number of carbonyl (C=O) groups is 2. The third kappa shape index (κ3) is 3.05. The lowest BCUT2D eigenvalue weighted by atomic mass is 10.1. The number of phenols is 1. The Morgan fingerprint density at radius 2 is 2.06 bits per heavy atom. The Hall–Kier alpha value is -1.91. The van der Waals surface area contributed by atoms with Gasteiger partial charge in [0, 0.05) is 12.0 Å². The fourth-order valence-corrected chi connectivity index (χ4v) is 1.14. The standard InChI is InChI=1S/C11H11FO4/c1-16-11(15)5-4-9(13)7-2-3-10(14)8(12)6-7/h2-3,6,14H,4-5H2,1H3. The number of halogens is 1. The summed E-state index contributed by atoms with van der Waals surface area (Å²) in [5.41, 5.74) is 0.124. The van der Waals surface area contributed by atoms with Gasteiger partial charge in [-0.25, -0.2) is 4.39 Å². The molecule has 0 saturated heterocycles. The first-order valence-corrected chi connectivity index (χ1v) is 4.63. The predicted octanol–water partition coefficient (Wildman–Crippen LogP) is 1.67. The van der Waals surface area contributed by atoms with Crippen LogP contribution in [0, 0.1) is 5.82 Å². The number of ether oxygens (including phenoxy) is 1. The monoisotopic (exact) mass is 226 g/mol. The number of rotatable bonds is 4. The van der Waals surface area contributed by atoms with E-state index in [0.717, 1.165) is 12.1 Å². The van der Waals surface area contributed by atoms with Gasteiger partial charge in [0.25, 0.3) is 0 Å². The van der Waals surface area contributed by atoms with Gasteiger partial charge in [0.2, 0.25) is 0 Å². The number of Topliss-reactive ketones (excluding diaryl/α,β-unsaturated/α-hetero) is 1. The van der Waals surface area contributed by atoms with Crippen molar-refractivity contribution in [3.05, 3.63) is 29.6 Å². The Kier molecular flexibility index (Phi) is 3.99. The number of hydrogen-bond acceptors (Lipinski definition) is 4. The number of esters is 1. The van der Waals surface area contributed by atoms with Crippen molar-refractivity contribution in [3.8, 4) is 5.75 Å². The van der Waals surface area contributed by atoms with Crippen LogP contribution in [-0.2, 0) is 9.53 Å². The Labute approximate surface area is 91.7 Å². The van der Waals surface area contributed by atoms with Gasteiger partial charge in [-0.3, -0.25) is 9.59 Å². The molecule has 86 valence electrons. The molecule has 16 heavy (non-hydrogen) atoms. The molecule has 0 aliphatic carbocycles. The number of phenolic OH excluding ortho intramolecular Hbond substituents is 1. The molecule has 1 aromatic carbocycles. The van der Waals surface area contributed by atoms with E-state index in [1.165, 1.54) is 13.2 Å². The average Bonchev–Trinajstić information content (AvgIpc) is 2.29. The Morgan fingerprint density at radius 1 is 1.38 bits per heavy atom. The first kappa shape index (κ1) is 12.2. The van der Waals surface area contributed by atoms with Crippen LogP contribution in [0.25, 0.3) is 0 Å². The van der Waals surface area contributed by atoms with Crippen molar-refractivity contribution >= 4 is 11.8 Å². The van der Waals surface area contributed by atoms with Gasteiger partial charge < -0.3 is 9.84 Å². The van der Waals surface area contributed by atoms with Crippen LogP contribution in [0.3, 0.4) is 0 Å². The zero-order valence-electron chi connectivity index (χ0n) is 8.70. The van der Waals surface area contributed by atoms with Crippen LogP contribution in [-0.4, -0.2) is 24.0 Å². The molecular weight excluding hydrogens is 215 g/mol. The zero-order valence-corrected chi connectivity index (χ0v) is 8.70. The minimum absolute atomic E-state index is 0.0438. The molecule has 1 N–H and O–H groups in total. The van der Waals surface area contributed by atoms with Crippen LogP contribution >= 0.6 is 0 Å². The average molecular weight is 226 g/mol. The maximum atomic E-state index is 12.9. The second kappa shape index (κ2) is 5.25. The Bertz CT molecular complexity index is 414. The van der Waals surface area contributed by atoms with Gasteiger partial charge in [-0.05, 0) is 18.2 Å². The van der Waals surface area contributed by atoms with Crippen molar-refractivity contribution < 1.29 is 23.8 Å². The first-order valence-electron chi connectivity index (χ1n) is 4.63. The third-order valence-corrected chi connectivity index (χ3v) is 2.05. The van der Waals surface area contributed by atoms with E-state index in [0.29, 0.717) is 0 Å². The zero-order chi connectivity index (χ0) is 12.1. The summed E-state index contributed by atoms with van der Waals surface area (Å²) in [5, 5.41) is 8.92. The van der Waals surface area contributed by atoms with E-state index in [-0.39, 0.29) is 24.2 Å². The van der Waals surface area contributed by atoms with Gasteiger partial charge in [0.15, 0.2) is 17.3 Å². The molecule has 0 saturated carbocycles. The van der Waals surface area contributed by atoms with Crippen LogP contribution in [0.5, 0.6) is 5.75 Å². The van der Waals surface area contributed by atoms with E-state index in [2.05, 4.69) is 4.74 Å². The maximum Gasteiger partial charge on any atom is 0.305 e. The molecule has 0 atom stereocenters. The minimum Gasteiger partial charge on any atom is -0.505 e.